The van der Waals surface area contributed by atoms with Crippen LogP contribution in [-0.4, -0.2) is 16.5 Å². The van der Waals surface area contributed by atoms with Crippen molar-refractivity contribution in [2.45, 2.75) is 18.6 Å². The predicted octanol–water partition coefficient (Wildman–Crippen LogP) is 0.449. The molecule has 1 heterocycles. The van der Waals surface area contributed by atoms with E-state index in [1.54, 1.807) is 12.1 Å². The average Bonchev–Trinajstić information content (AvgIpc) is 2.36. The number of nitrogens with zero attached hydrogens (tertiary/aromatic N) is 2. The van der Waals surface area contributed by atoms with E-state index in [0.717, 1.165) is 11.8 Å². The van der Waals surface area contributed by atoms with Crippen LogP contribution in [0.25, 0.3) is 0 Å². The number of benzene rings is 1. The summed E-state index contributed by atoms with van der Waals surface area (Å²) < 4.78 is 13.1. The van der Waals surface area contributed by atoms with Gasteiger partial charge in [-0.2, -0.15) is 0 Å². The maximum Gasteiger partial charge on any atom is 0.326 e. The summed E-state index contributed by atoms with van der Waals surface area (Å²) in [6, 6.07) is 6.12. The van der Waals surface area contributed by atoms with Crippen molar-refractivity contribution in [1.29, 1.82) is 0 Å². The molecular weight excluding hydrogens is 265 g/mol. The molecule has 0 aromatic heterocycles. The van der Waals surface area contributed by atoms with Gasteiger partial charge in [-0.05, 0) is 24.1 Å². The van der Waals surface area contributed by atoms with Gasteiger partial charge in [0.15, 0.2) is 5.79 Å². The second-order valence-electron chi connectivity index (χ2n) is 4.48. The Hall–Kier alpha value is -2.48. The number of hydrogen-bond acceptors (Lipinski definition) is 6. The Labute approximate surface area is 114 Å². The maximum atomic E-state index is 13.1. The third kappa shape index (κ3) is 3.09. The van der Waals surface area contributed by atoms with Crippen molar-refractivity contribution >= 4 is 5.84 Å². The highest BCUT2D eigenvalue weighted by atomic mass is 19.1. The summed E-state index contributed by atoms with van der Waals surface area (Å²) in [5.41, 5.74) is 11.9. The van der Waals surface area contributed by atoms with Gasteiger partial charge in [0, 0.05) is 6.42 Å². The largest absolute Gasteiger partial charge is 0.378 e. The first kappa shape index (κ1) is 13.9. The lowest BCUT2D eigenvalue weighted by Gasteiger charge is -2.28. The minimum absolute atomic E-state index is 0.226. The second kappa shape index (κ2) is 5.25. The van der Waals surface area contributed by atoms with E-state index in [1.165, 1.54) is 12.1 Å². The number of aryl methyl sites for hydroxylation is 1. The van der Waals surface area contributed by atoms with Gasteiger partial charge < -0.3 is 11.1 Å². The number of nitro groups is 1. The van der Waals surface area contributed by atoms with Crippen LogP contribution in [0.4, 0.5) is 4.39 Å². The molecule has 1 atom stereocenters. The zero-order valence-electron chi connectivity index (χ0n) is 10.5. The lowest BCUT2D eigenvalue weighted by molar-refractivity contribution is -0.416. The first-order chi connectivity index (χ1) is 9.39. The summed E-state index contributed by atoms with van der Waals surface area (Å²) in [5, 5.41) is 13.3. The Kier molecular flexibility index (Phi) is 3.66. The van der Waals surface area contributed by atoms with E-state index in [9.17, 15) is 14.5 Å². The molecule has 0 fully saturated rings. The molecule has 1 aliphatic rings. The van der Waals surface area contributed by atoms with Crippen LogP contribution in [0.1, 0.15) is 12.0 Å². The van der Waals surface area contributed by atoms with Crippen molar-refractivity contribution in [1.82, 2.24) is 5.32 Å². The molecule has 1 aromatic carbocycles. The van der Waals surface area contributed by atoms with Crippen LogP contribution in [0.2, 0.25) is 0 Å². The van der Waals surface area contributed by atoms with Crippen molar-refractivity contribution in [3.63, 3.8) is 0 Å². The fourth-order valence-electron chi connectivity index (χ4n) is 1.87. The highest BCUT2D eigenvalue weighted by Gasteiger charge is 2.31. The zero-order chi connectivity index (χ0) is 14.8. The van der Waals surface area contributed by atoms with Gasteiger partial charge in [-0.1, -0.05) is 12.1 Å². The molecule has 8 heteroatoms. The van der Waals surface area contributed by atoms with Crippen molar-refractivity contribution in [2.75, 3.05) is 0 Å². The van der Waals surface area contributed by atoms with Crippen LogP contribution in [-0.2, 0) is 6.42 Å². The highest BCUT2D eigenvalue weighted by Crippen LogP contribution is 2.16. The van der Waals surface area contributed by atoms with E-state index in [0.29, 0.717) is 12.8 Å². The number of nitrogens with two attached hydrogens (primary N) is 2. The highest BCUT2D eigenvalue weighted by molar-refractivity contribution is 5.95. The van der Waals surface area contributed by atoms with Gasteiger partial charge in [0.05, 0.1) is 11.1 Å². The Balaban J connectivity index is 2.06. The molecular formula is C12H14FN5O2. The summed E-state index contributed by atoms with van der Waals surface area (Å²) >= 11 is 0. The van der Waals surface area contributed by atoms with Crippen molar-refractivity contribution in [3.05, 3.63) is 57.7 Å². The molecule has 20 heavy (non-hydrogen) atoms. The molecule has 7 nitrogen and oxygen atoms in total. The van der Waals surface area contributed by atoms with Crippen LogP contribution in [0.3, 0.4) is 0 Å². The quantitative estimate of drug-likeness (QED) is 0.546. The van der Waals surface area contributed by atoms with Crippen LogP contribution in [0.15, 0.2) is 41.2 Å². The predicted molar refractivity (Wildman–Crippen MR) is 71.5 cm³/mol. The lowest BCUT2D eigenvalue weighted by atomic mass is 10.1. The van der Waals surface area contributed by atoms with E-state index in [-0.39, 0.29) is 17.3 Å². The minimum Gasteiger partial charge on any atom is -0.378 e. The fraction of sp³-hybridized carbons (Fsp3) is 0.250. The first-order valence-electron chi connectivity index (χ1n) is 5.91. The summed E-state index contributed by atoms with van der Waals surface area (Å²) in [7, 11) is 0. The first-order valence-corrected chi connectivity index (χ1v) is 5.91. The Morgan fingerprint density at radius 2 is 2.25 bits per heavy atom. The number of halogens is 1. The molecule has 0 bridgehead atoms. The van der Waals surface area contributed by atoms with Gasteiger partial charge in [0.25, 0.3) is 0 Å². The van der Waals surface area contributed by atoms with Crippen LogP contribution >= 0.6 is 0 Å². The van der Waals surface area contributed by atoms with Gasteiger partial charge >= 0.3 is 5.70 Å². The minimum atomic E-state index is -1.23. The van der Waals surface area contributed by atoms with E-state index in [1.807, 2.05) is 0 Å². The molecule has 0 radical (unpaired) electrons. The van der Waals surface area contributed by atoms with Gasteiger partial charge in [0.1, 0.15) is 5.82 Å². The molecule has 0 saturated carbocycles. The Morgan fingerprint density at radius 1 is 1.50 bits per heavy atom. The fourth-order valence-corrected chi connectivity index (χ4v) is 1.87. The average molecular weight is 279 g/mol. The number of amidine groups is 1. The van der Waals surface area contributed by atoms with E-state index in [4.69, 9.17) is 11.5 Å². The number of aliphatic imine (C=N–C) groups is 1. The number of rotatable bonds is 4. The summed E-state index contributed by atoms with van der Waals surface area (Å²) in [6.07, 6.45) is 1.91. The molecule has 106 valence electrons. The Morgan fingerprint density at radius 3 is 2.85 bits per heavy atom. The number of hydrogen-bond donors (Lipinski definition) is 3. The topological polar surface area (TPSA) is 120 Å². The van der Waals surface area contributed by atoms with Gasteiger partial charge in [0.2, 0.25) is 5.84 Å². The molecule has 1 aliphatic heterocycles. The standard InChI is InChI=1S/C12H14FN5O2/c13-9-3-1-2-8(6-9)4-5-12(15)16-7-10(18(19)20)11(14)17-12/h1-3,6-7,16H,4-5,15H2,(H2,14,17). The smallest absolute Gasteiger partial charge is 0.326 e. The molecule has 0 amide bonds. The molecule has 0 spiro atoms. The van der Waals surface area contributed by atoms with E-state index < -0.39 is 10.7 Å². The van der Waals surface area contributed by atoms with E-state index in [2.05, 4.69) is 10.3 Å². The van der Waals surface area contributed by atoms with E-state index >= 15 is 0 Å². The number of nitrogens with one attached hydrogen (secondary N) is 1. The van der Waals surface area contributed by atoms with Crippen LogP contribution in [0, 0.1) is 15.9 Å². The molecule has 1 aromatic rings. The van der Waals surface area contributed by atoms with Crippen LogP contribution in [0.5, 0.6) is 0 Å². The second-order valence-corrected chi connectivity index (χ2v) is 4.48. The van der Waals surface area contributed by atoms with Crippen molar-refractivity contribution in [3.8, 4) is 0 Å². The molecule has 0 saturated heterocycles. The lowest BCUT2D eigenvalue weighted by Crippen LogP contribution is -2.54. The third-order valence-corrected chi connectivity index (χ3v) is 2.92. The zero-order valence-corrected chi connectivity index (χ0v) is 10.5. The maximum absolute atomic E-state index is 13.1. The molecule has 2 rings (SSSR count). The Bertz CT molecular complexity index is 601. The van der Waals surface area contributed by atoms with Crippen LogP contribution < -0.4 is 16.8 Å². The summed E-state index contributed by atoms with van der Waals surface area (Å²) in [5.74, 6) is -1.78. The normalized spacial score (nSPS) is 21.7. The summed E-state index contributed by atoms with van der Waals surface area (Å²) in [6.45, 7) is 0. The summed E-state index contributed by atoms with van der Waals surface area (Å²) in [4.78, 5) is 13.9. The molecule has 1 unspecified atom stereocenters. The SMILES string of the molecule is NC1=NC(N)(CCc2cccc(F)c2)NC=C1[N+](=O)[O-]. The van der Waals surface area contributed by atoms with Gasteiger partial charge in [-0.3, -0.25) is 15.8 Å². The van der Waals surface area contributed by atoms with Crippen molar-refractivity contribution in [2.24, 2.45) is 16.5 Å². The third-order valence-electron chi connectivity index (χ3n) is 2.92. The monoisotopic (exact) mass is 279 g/mol. The van der Waals surface area contributed by atoms with Gasteiger partial charge in [-0.15, -0.1) is 0 Å². The molecule has 5 N–H and O–H groups in total. The van der Waals surface area contributed by atoms with Gasteiger partial charge in [-0.25, -0.2) is 9.38 Å². The molecule has 0 aliphatic carbocycles. The van der Waals surface area contributed by atoms with Crippen molar-refractivity contribution < 1.29 is 9.31 Å².